The van der Waals surface area contributed by atoms with Crippen LogP contribution in [0, 0.1) is 11.8 Å². The third kappa shape index (κ3) is 2.60. The molecule has 94 valence electrons. The highest BCUT2D eigenvalue weighted by molar-refractivity contribution is 4.97. The lowest BCUT2D eigenvalue weighted by Crippen LogP contribution is -2.41. The summed E-state index contributed by atoms with van der Waals surface area (Å²) in [5.74, 6) is 1.93. The van der Waals surface area contributed by atoms with Crippen LogP contribution in [0.4, 0.5) is 0 Å². The van der Waals surface area contributed by atoms with Crippen LogP contribution < -0.4 is 5.32 Å². The standard InChI is InChI=1S/C14H28N2/c1-5-6-15-13-7-11-9-16(14(2,3)4)10-12(11)8-13/h11-13,15H,5-10H2,1-4H3. The molecular weight excluding hydrogens is 196 g/mol. The predicted molar refractivity (Wildman–Crippen MR) is 69.6 cm³/mol. The van der Waals surface area contributed by atoms with Crippen LogP contribution in [0.2, 0.25) is 0 Å². The van der Waals surface area contributed by atoms with Gasteiger partial charge in [-0.1, -0.05) is 6.92 Å². The first-order valence-corrected chi connectivity index (χ1v) is 6.99. The van der Waals surface area contributed by atoms with Crippen molar-refractivity contribution >= 4 is 0 Å². The van der Waals surface area contributed by atoms with Gasteiger partial charge in [-0.05, 0) is 58.4 Å². The second kappa shape index (κ2) is 4.66. The van der Waals surface area contributed by atoms with E-state index < -0.39 is 0 Å². The van der Waals surface area contributed by atoms with E-state index >= 15 is 0 Å². The summed E-state index contributed by atoms with van der Waals surface area (Å²) in [5, 5.41) is 3.69. The fourth-order valence-electron chi connectivity index (χ4n) is 3.36. The van der Waals surface area contributed by atoms with Crippen LogP contribution in [0.15, 0.2) is 0 Å². The summed E-state index contributed by atoms with van der Waals surface area (Å²) in [4.78, 5) is 2.68. The Morgan fingerprint density at radius 1 is 1.12 bits per heavy atom. The summed E-state index contributed by atoms with van der Waals surface area (Å²) >= 11 is 0. The summed E-state index contributed by atoms with van der Waals surface area (Å²) in [6, 6.07) is 0.817. The minimum atomic E-state index is 0.372. The Hall–Kier alpha value is -0.0800. The first-order valence-electron chi connectivity index (χ1n) is 6.99. The normalized spacial score (nSPS) is 35.6. The van der Waals surface area contributed by atoms with Crippen molar-refractivity contribution in [3.8, 4) is 0 Å². The van der Waals surface area contributed by atoms with E-state index in [0.29, 0.717) is 5.54 Å². The summed E-state index contributed by atoms with van der Waals surface area (Å²) in [6.45, 7) is 13.2. The van der Waals surface area contributed by atoms with Crippen LogP contribution in [0.25, 0.3) is 0 Å². The maximum Gasteiger partial charge on any atom is 0.0125 e. The average molecular weight is 224 g/mol. The minimum absolute atomic E-state index is 0.372. The Bertz CT molecular complexity index is 217. The lowest BCUT2D eigenvalue weighted by Gasteiger charge is -2.32. The molecule has 2 heteroatoms. The molecule has 2 aliphatic rings. The molecule has 2 nitrogen and oxygen atoms in total. The molecule has 0 aromatic heterocycles. The molecule has 2 fully saturated rings. The zero-order valence-electron chi connectivity index (χ0n) is 11.4. The SMILES string of the molecule is CCCNC1CC2CN(C(C)(C)C)CC2C1. The Morgan fingerprint density at radius 3 is 2.12 bits per heavy atom. The van der Waals surface area contributed by atoms with Gasteiger partial charge in [-0.25, -0.2) is 0 Å². The molecule has 1 N–H and O–H groups in total. The molecule has 0 radical (unpaired) electrons. The van der Waals surface area contributed by atoms with Crippen molar-refractivity contribution < 1.29 is 0 Å². The topological polar surface area (TPSA) is 15.3 Å². The molecule has 1 heterocycles. The lowest BCUT2D eigenvalue weighted by atomic mass is 10.0. The van der Waals surface area contributed by atoms with E-state index in [-0.39, 0.29) is 0 Å². The van der Waals surface area contributed by atoms with Crippen molar-refractivity contribution in [3.05, 3.63) is 0 Å². The van der Waals surface area contributed by atoms with E-state index in [2.05, 4.69) is 37.9 Å². The third-order valence-corrected chi connectivity index (χ3v) is 4.38. The molecule has 0 bridgehead atoms. The van der Waals surface area contributed by atoms with Crippen molar-refractivity contribution in [1.82, 2.24) is 10.2 Å². The van der Waals surface area contributed by atoms with Crippen molar-refractivity contribution in [2.45, 2.75) is 58.5 Å². The second-order valence-corrected chi connectivity index (χ2v) is 6.72. The number of likely N-dealkylation sites (tertiary alicyclic amines) is 1. The predicted octanol–water partition coefficient (Wildman–Crippen LogP) is 2.49. The van der Waals surface area contributed by atoms with Gasteiger partial charge in [0.2, 0.25) is 0 Å². The number of hydrogen-bond acceptors (Lipinski definition) is 2. The average Bonchev–Trinajstić information content (AvgIpc) is 2.69. The molecule has 1 aliphatic carbocycles. The van der Waals surface area contributed by atoms with Crippen molar-refractivity contribution in [2.75, 3.05) is 19.6 Å². The highest BCUT2D eigenvalue weighted by atomic mass is 15.2. The second-order valence-electron chi connectivity index (χ2n) is 6.72. The monoisotopic (exact) mass is 224 g/mol. The van der Waals surface area contributed by atoms with Gasteiger partial charge in [0.15, 0.2) is 0 Å². The molecular formula is C14H28N2. The van der Waals surface area contributed by atoms with Gasteiger partial charge in [-0.15, -0.1) is 0 Å². The number of nitrogens with zero attached hydrogens (tertiary/aromatic N) is 1. The maximum atomic E-state index is 3.69. The van der Waals surface area contributed by atoms with Crippen molar-refractivity contribution in [3.63, 3.8) is 0 Å². The zero-order valence-corrected chi connectivity index (χ0v) is 11.4. The largest absolute Gasteiger partial charge is 0.314 e. The fraction of sp³-hybridized carbons (Fsp3) is 1.00. The van der Waals surface area contributed by atoms with E-state index in [1.165, 1.54) is 38.9 Å². The highest BCUT2D eigenvalue weighted by Gasteiger charge is 2.43. The molecule has 2 unspecified atom stereocenters. The van der Waals surface area contributed by atoms with Crippen LogP contribution in [0.3, 0.4) is 0 Å². The van der Waals surface area contributed by atoms with Gasteiger partial charge in [-0.2, -0.15) is 0 Å². The van der Waals surface area contributed by atoms with E-state index in [1.807, 2.05) is 0 Å². The van der Waals surface area contributed by atoms with Crippen LogP contribution >= 0.6 is 0 Å². The van der Waals surface area contributed by atoms with Gasteiger partial charge in [0.05, 0.1) is 0 Å². The number of nitrogens with one attached hydrogen (secondary N) is 1. The van der Waals surface area contributed by atoms with E-state index in [0.717, 1.165) is 17.9 Å². The molecule has 1 saturated heterocycles. The molecule has 0 aromatic carbocycles. The summed E-state index contributed by atoms with van der Waals surface area (Å²) in [5.41, 5.74) is 0.372. The number of fused-ring (bicyclic) bond motifs is 1. The first-order chi connectivity index (χ1) is 7.50. The molecule has 2 rings (SSSR count). The Labute approximate surface area is 101 Å². The van der Waals surface area contributed by atoms with Gasteiger partial charge in [-0.3, -0.25) is 4.90 Å². The quantitative estimate of drug-likeness (QED) is 0.792. The zero-order chi connectivity index (χ0) is 11.8. The molecule has 0 spiro atoms. The molecule has 16 heavy (non-hydrogen) atoms. The first kappa shape index (κ1) is 12.4. The smallest absolute Gasteiger partial charge is 0.0125 e. The molecule has 0 amide bonds. The van der Waals surface area contributed by atoms with Crippen LogP contribution in [-0.4, -0.2) is 36.1 Å². The van der Waals surface area contributed by atoms with E-state index in [1.54, 1.807) is 0 Å². The third-order valence-electron chi connectivity index (χ3n) is 4.38. The molecule has 0 aromatic rings. The summed E-state index contributed by atoms with van der Waals surface area (Å²) < 4.78 is 0. The Balaban J connectivity index is 1.82. The molecule has 2 atom stereocenters. The lowest BCUT2D eigenvalue weighted by molar-refractivity contribution is 0.158. The molecule has 1 aliphatic heterocycles. The van der Waals surface area contributed by atoms with Crippen LogP contribution in [0.1, 0.15) is 47.0 Å². The van der Waals surface area contributed by atoms with Crippen LogP contribution in [0.5, 0.6) is 0 Å². The summed E-state index contributed by atoms with van der Waals surface area (Å²) in [6.07, 6.45) is 4.09. The number of hydrogen-bond donors (Lipinski definition) is 1. The van der Waals surface area contributed by atoms with Gasteiger partial charge in [0.25, 0.3) is 0 Å². The van der Waals surface area contributed by atoms with Crippen molar-refractivity contribution in [1.29, 1.82) is 0 Å². The highest BCUT2D eigenvalue weighted by Crippen LogP contribution is 2.40. The Morgan fingerprint density at radius 2 is 1.69 bits per heavy atom. The van der Waals surface area contributed by atoms with Gasteiger partial charge < -0.3 is 5.32 Å². The summed E-state index contributed by atoms with van der Waals surface area (Å²) in [7, 11) is 0. The number of rotatable bonds is 3. The van der Waals surface area contributed by atoms with E-state index in [4.69, 9.17) is 0 Å². The van der Waals surface area contributed by atoms with Gasteiger partial charge in [0.1, 0.15) is 0 Å². The minimum Gasteiger partial charge on any atom is -0.314 e. The van der Waals surface area contributed by atoms with Gasteiger partial charge in [0, 0.05) is 24.7 Å². The Kier molecular flexibility index (Phi) is 3.60. The van der Waals surface area contributed by atoms with Gasteiger partial charge >= 0.3 is 0 Å². The van der Waals surface area contributed by atoms with Crippen LogP contribution in [-0.2, 0) is 0 Å². The van der Waals surface area contributed by atoms with E-state index in [9.17, 15) is 0 Å². The van der Waals surface area contributed by atoms with Crippen molar-refractivity contribution in [2.24, 2.45) is 11.8 Å². The fourth-order valence-corrected chi connectivity index (χ4v) is 3.36. The maximum absolute atomic E-state index is 3.69. The molecule has 1 saturated carbocycles.